The van der Waals surface area contributed by atoms with Crippen LogP contribution in [0.15, 0.2) is 77.7 Å². The zero-order valence-electron chi connectivity index (χ0n) is 24.5. The predicted molar refractivity (Wildman–Crippen MR) is 159 cm³/mol. The molecule has 0 saturated carbocycles. The van der Waals surface area contributed by atoms with Crippen LogP contribution in [0.25, 0.3) is 0 Å². The summed E-state index contributed by atoms with van der Waals surface area (Å²) in [4.78, 5) is 28.2. The molecule has 0 spiro atoms. The second kappa shape index (κ2) is 14.7. The SMILES string of the molecule is CCOc1ccc(N(CC(=O)N(Cc2cccc(OC)c2)[C@H](C)C(=O)NCC(C)C)S(=O)(=O)c2ccc(F)cc2)cc1. The summed E-state index contributed by atoms with van der Waals surface area (Å²) in [6.45, 7) is 7.60. The minimum Gasteiger partial charge on any atom is -0.497 e. The first-order valence-corrected chi connectivity index (χ1v) is 15.1. The Kier molecular flexibility index (Phi) is 11.3. The minimum absolute atomic E-state index is 0.0278. The van der Waals surface area contributed by atoms with Gasteiger partial charge in [-0.1, -0.05) is 26.0 Å². The van der Waals surface area contributed by atoms with E-state index in [1.54, 1.807) is 43.3 Å². The number of anilines is 1. The van der Waals surface area contributed by atoms with Gasteiger partial charge in [-0.25, -0.2) is 12.8 Å². The molecule has 0 aliphatic rings. The van der Waals surface area contributed by atoms with Crippen molar-refractivity contribution in [3.05, 3.63) is 84.2 Å². The Labute approximate surface area is 247 Å². The number of hydrogen-bond acceptors (Lipinski definition) is 6. The van der Waals surface area contributed by atoms with Crippen LogP contribution in [0.4, 0.5) is 10.1 Å². The number of hydrogen-bond donors (Lipinski definition) is 1. The van der Waals surface area contributed by atoms with E-state index in [1.807, 2.05) is 20.8 Å². The van der Waals surface area contributed by atoms with Crippen LogP contribution in [-0.2, 0) is 26.2 Å². The molecule has 42 heavy (non-hydrogen) atoms. The highest BCUT2D eigenvalue weighted by molar-refractivity contribution is 7.92. The highest BCUT2D eigenvalue weighted by Crippen LogP contribution is 2.27. The number of amides is 2. The van der Waals surface area contributed by atoms with Gasteiger partial charge in [0.15, 0.2) is 0 Å². The Balaban J connectivity index is 2.02. The van der Waals surface area contributed by atoms with Crippen LogP contribution in [-0.4, -0.2) is 58.0 Å². The average Bonchev–Trinajstić information content (AvgIpc) is 2.97. The number of benzene rings is 3. The Morgan fingerprint density at radius 1 is 0.952 bits per heavy atom. The molecule has 0 unspecified atom stereocenters. The lowest BCUT2D eigenvalue weighted by molar-refractivity contribution is -0.139. The van der Waals surface area contributed by atoms with Crippen LogP contribution >= 0.6 is 0 Å². The van der Waals surface area contributed by atoms with E-state index >= 15 is 0 Å². The van der Waals surface area contributed by atoms with Crippen molar-refractivity contribution in [2.24, 2.45) is 5.92 Å². The zero-order valence-corrected chi connectivity index (χ0v) is 25.4. The number of halogens is 1. The van der Waals surface area contributed by atoms with Gasteiger partial charge in [-0.15, -0.1) is 0 Å². The fourth-order valence-electron chi connectivity index (χ4n) is 4.14. The smallest absolute Gasteiger partial charge is 0.264 e. The molecule has 3 aromatic carbocycles. The number of rotatable bonds is 14. The third-order valence-electron chi connectivity index (χ3n) is 6.46. The van der Waals surface area contributed by atoms with Crippen molar-refractivity contribution in [1.82, 2.24) is 10.2 Å². The summed E-state index contributed by atoms with van der Waals surface area (Å²) in [6, 6.07) is 16.8. The van der Waals surface area contributed by atoms with Gasteiger partial charge in [0, 0.05) is 13.1 Å². The Morgan fingerprint density at radius 2 is 1.62 bits per heavy atom. The monoisotopic (exact) mass is 599 g/mol. The number of nitrogens with zero attached hydrogens (tertiary/aromatic N) is 2. The molecule has 0 bridgehead atoms. The number of sulfonamides is 1. The molecule has 1 atom stereocenters. The van der Waals surface area contributed by atoms with Crippen molar-refractivity contribution < 1.29 is 31.9 Å². The van der Waals surface area contributed by atoms with E-state index in [-0.39, 0.29) is 29.0 Å². The van der Waals surface area contributed by atoms with Crippen molar-refractivity contribution in [3.63, 3.8) is 0 Å². The Hall–Kier alpha value is -4.12. The molecule has 3 rings (SSSR count). The third kappa shape index (κ3) is 8.45. The minimum atomic E-state index is -4.32. The first kappa shape index (κ1) is 32.4. The topological polar surface area (TPSA) is 105 Å². The number of carbonyl (C=O) groups is 2. The molecule has 226 valence electrons. The van der Waals surface area contributed by atoms with Gasteiger partial charge < -0.3 is 19.7 Å². The van der Waals surface area contributed by atoms with Gasteiger partial charge in [-0.3, -0.25) is 13.9 Å². The molecular weight excluding hydrogens is 561 g/mol. The van der Waals surface area contributed by atoms with Crippen molar-refractivity contribution >= 4 is 27.5 Å². The summed E-state index contributed by atoms with van der Waals surface area (Å²) in [7, 11) is -2.79. The molecular formula is C31H38FN3O6S. The van der Waals surface area contributed by atoms with Crippen LogP contribution in [0.1, 0.15) is 33.3 Å². The molecule has 2 amide bonds. The molecule has 0 radical (unpaired) electrons. The molecule has 0 aromatic heterocycles. The molecule has 1 N–H and O–H groups in total. The zero-order chi connectivity index (χ0) is 30.9. The lowest BCUT2D eigenvalue weighted by Crippen LogP contribution is -2.51. The largest absolute Gasteiger partial charge is 0.497 e. The fraction of sp³-hybridized carbons (Fsp3) is 0.355. The molecule has 0 saturated heterocycles. The summed E-state index contributed by atoms with van der Waals surface area (Å²) >= 11 is 0. The van der Waals surface area contributed by atoms with Gasteiger partial charge in [-0.2, -0.15) is 0 Å². The molecule has 0 fully saturated rings. The average molecular weight is 600 g/mol. The van der Waals surface area contributed by atoms with Gasteiger partial charge >= 0.3 is 0 Å². The highest BCUT2D eigenvalue weighted by Gasteiger charge is 2.32. The summed E-state index contributed by atoms with van der Waals surface area (Å²) in [5.74, 6) is -0.268. The molecule has 3 aromatic rings. The molecule has 0 aliphatic heterocycles. The van der Waals surface area contributed by atoms with Crippen LogP contribution in [0.2, 0.25) is 0 Å². The maximum atomic E-state index is 14.0. The lowest BCUT2D eigenvalue weighted by atomic mass is 10.1. The van der Waals surface area contributed by atoms with E-state index in [4.69, 9.17) is 9.47 Å². The van der Waals surface area contributed by atoms with Crippen molar-refractivity contribution in [1.29, 1.82) is 0 Å². The normalized spacial score (nSPS) is 12.0. The summed E-state index contributed by atoms with van der Waals surface area (Å²) in [5, 5.41) is 2.85. The quantitative estimate of drug-likeness (QED) is 0.290. The van der Waals surface area contributed by atoms with E-state index in [2.05, 4.69) is 5.32 Å². The fourth-order valence-corrected chi connectivity index (χ4v) is 5.55. The third-order valence-corrected chi connectivity index (χ3v) is 8.24. The van der Waals surface area contributed by atoms with Gasteiger partial charge in [-0.05, 0) is 86.0 Å². The first-order valence-electron chi connectivity index (χ1n) is 13.7. The molecule has 0 heterocycles. The number of ether oxygens (including phenoxy) is 2. The number of nitrogens with one attached hydrogen (secondary N) is 1. The Morgan fingerprint density at radius 3 is 2.21 bits per heavy atom. The van der Waals surface area contributed by atoms with E-state index < -0.39 is 34.3 Å². The second-order valence-corrected chi connectivity index (χ2v) is 11.9. The number of methoxy groups -OCH3 is 1. The lowest BCUT2D eigenvalue weighted by Gasteiger charge is -2.32. The maximum absolute atomic E-state index is 14.0. The van der Waals surface area contributed by atoms with Gasteiger partial charge in [0.1, 0.15) is 29.9 Å². The van der Waals surface area contributed by atoms with E-state index in [1.165, 1.54) is 24.1 Å². The summed E-state index contributed by atoms with van der Waals surface area (Å²) in [6.07, 6.45) is 0. The summed E-state index contributed by atoms with van der Waals surface area (Å²) in [5.41, 5.74) is 0.898. The molecule has 0 aliphatic carbocycles. The van der Waals surface area contributed by atoms with Gasteiger partial charge in [0.25, 0.3) is 10.0 Å². The van der Waals surface area contributed by atoms with E-state index in [0.717, 1.165) is 28.6 Å². The standard InChI is InChI=1S/C31H38FN3O6S/c1-6-41-27-14-12-26(13-15-27)35(42(38,39)29-16-10-25(32)11-17-29)21-30(36)34(23(4)31(37)33-19-22(2)3)20-24-8-7-9-28(18-24)40-5/h7-18,22-23H,6,19-21H2,1-5H3,(H,33,37)/t23-/m1/s1. The van der Waals surface area contributed by atoms with Crippen LogP contribution in [0.3, 0.4) is 0 Å². The van der Waals surface area contributed by atoms with Crippen LogP contribution in [0, 0.1) is 11.7 Å². The van der Waals surface area contributed by atoms with Crippen molar-refractivity contribution in [2.45, 2.75) is 45.2 Å². The van der Waals surface area contributed by atoms with Gasteiger partial charge in [0.2, 0.25) is 11.8 Å². The van der Waals surface area contributed by atoms with E-state index in [0.29, 0.717) is 30.2 Å². The van der Waals surface area contributed by atoms with Gasteiger partial charge in [0.05, 0.1) is 24.3 Å². The number of carbonyl (C=O) groups excluding carboxylic acids is 2. The summed E-state index contributed by atoms with van der Waals surface area (Å²) < 4.78 is 53.1. The Bertz CT molecular complexity index is 1450. The van der Waals surface area contributed by atoms with E-state index in [9.17, 15) is 22.4 Å². The highest BCUT2D eigenvalue weighted by atomic mass is 32.2. The van der Waals surface area contributed by atoms with Crippen LogP contribution in [0.5, 0.6) is 11.5 Å². The second-order valence-electron chi connectivity index (χ2n) is 10.1. The first-order chi connectivity index (χ1) is 20.0. The predicted octanol–water partition coefficient (Wildman–Crippen LogP) is 4.62. The molecule has 9 nitrogen and oxygen atoms in total. The maximum Gasteiger partial charge on any atom is 0.264 e. The van der Waals surface area contributed by atoms with Crippen LogP contribution < -0.4 is 19.1 Å². The van der Waals surface area contributed by atoms with Crippen molar-refractivity contribution in [2.75, 3.05) is 31.1 Å². The van der Waals surface area contributed by atoms with Crippen molar-refractivity contribution in [3.8, 4) is 11.5 Å². The molecule has 11 heteroatoms.